The Kier molecular flexibility index (Phi) is 4.28. The summed E-state index contributed by atoms with van der Waals surface area (Å²) < 4.78 is 5.42. The van der Waals surface area contributed by atoms with Crippen molar-refractivity contribution in [3.63, 3.8) is 0 Å². The SMILES string of the molecule is CCCOc1cccc(C(Cl)C#N)c1. The minimum Gasteiger partial charge on any atom is -0.494 e. The van der Waals surface area contributed by atoms with Gasteiger partial charge < -0.3 is 4.74 Å². The quantitative estimate of drug-likeness (QED) is 0.713. The van der Waals surface area contributed by atoms with Gasteiger partial charge in [-0.2, -0.15) is 5.26 Å². The Bertz CT molecular complexity index is 332. The summed E-state index contributed by atoms with van der Waals surface area (Å²) in [4.78, 5) is 0. The van der Waals surface area contributed by atoms with Gasteiger partial charge in [0.25, 0.3) is 0 Å². The van der Waals surface area contributed by atoms with Gasteiger partial charge in [0.15, 0.2) is 0 Å². The Labute approximate surface area is 89.1 Å². The van der Waals surface area contributed by atoms with Crippen LogP contribution in [0.15, 0.2) is 24.3 Å². The van der Waals surface area contributed by atoms with Gasteiger partial charge in [0.05, 0.1) is 12.7 Å². The number of ether oxygens (including phenoxy) is 1. The lowest BCUT2D eigenvalue weighted by Gasteiger charge is -2.06. The standard InChI is InChI=1S/C11H12ClNO/c1-2-6-14-10-5-3-4-9(7-10)11(12)8-13/h3-5,7,11H,2,6H2,1H3. The minimum atomic E-state index is -0.597. The van der Waals surface area contributed by atoms with E-state index in [0.29, 0.717) is 6.61 Å². The molecule has 3 heteroatoms. The van der Waals surface area contributed by atoms with E-state index in [9.17, 15) is 0 Å². The number of nitrogens with zero attached hydrogens (tertiary/aromatic N) is 1. The highest BCUT2D eigenvalue weighted by Crippen LogP contribution is 2.23. The lowest BCUT2D eigenvalue weighted by atomic mass is 10.1. The van der Waals surface area contributed by atoms with Gasteiger partial charge >= 0.3 is 0 Å². The van der Waals surface area contributed by atoms with Crippen LogP contribution in [0.4, 0.5) is 0 Å². The van der Waals surface area contributed by atoms with Crippen molar-refractivity contribution in [2.75, 3.05) is 6.61 Å². The Morgan fingerprint density at radius 3 is 3.00 bits per heavy atom. The van der Waals surface area contributed by atoms with Crippen LogP contribution in [0.5, 0.6) is 5.75 Å². The third kappa shape index (κ3) is 2.93. The molecule has 74 valence electrons. The number of halogens is 1. The molecule has 0 aliphatic heterocycles. The summed E-state index contributed by atoms with van der Waals surface area (Å²) in [5.41, 5.74) is 0.780. The molecule has 1 aromatic carbocycles. The molecule has 0 radical (unpaired) electrons. The molecular weight excluding hydrogens is 198 g/mol. The number of benzene rings is 1. The largest absolute Gasteiger partial charge is 0.494 e. The van der Waals surface area contributed by atoms with Crippen LogP contribution in [0.2, 0.25) is 0 Å². The van der Waals surface area contributed by atoms with E-state index in [1.165, 1.54) is 0 Å². The van der Waals surface area contributed by atoms with Crippen molar-refractivity contribution >= 4 is 11.6 Å². The van der Waals surface area contributed by atoms with E-state index in [1.54, 1.807) is 6.07 Å². The third-order valence-corrected chi connectivity index (χ3v) is 2.09. The molecule has 0 bridgehead atoms. The van der Waals surface area contributed by atoms with Gasteiger partial charge in [0.1, 0.15) is 11.1 Å². The van der Waals surface area contributed by atoms with Gasteiger partial charge in [-0.05, 0) is 24.1 Å². The summed E-state index contributed by atoms with van der Waals surface area (Å²) in [7, 11) is 0. The van der Waals surface area contributed by atoms with Gasteiger partial charge in [-0.15, -0.1) is 11.6 Å². The number of hydrogen-bond acceptors (Lipinski definition) is 2. The Hall–Kier alpha value is -1.20. The fourth-order valence-corrected chi connectivity index (χ4v) is 1.19. The summed E-state index contributed by atoms with van der Waals surface area (Å²) >= 11 is 5.78. The lowest BCUT2D eigenvalue weighted by Crippen LogP contribution is -1.96. The minimum absolute atomic E-state index is 0.597. The maximum Gasteiger partial charge on any atom is 0.145 e. The van der Waals surface area contributed by atoms with Crippen LogP contribution in [0.25, 0.3) is 0 Å². The van der Waals surface area contributed by atoms with E-state index < -0.39 is 5.38 Å². The highest BCUT2D eigenvalue weighted by Gasteiger charge is 2.06. The molecule has 1 rings (SSSR count). The topological polar surface area (TPSA) is 33.0 Å². The molecule has 2 nitrogen and oxygen atoms in total. The lowest BCUT2D eigenvalue weighted by molar-refractivity contribution is 0.317. The van der Waals surface area contributed by atoms with Crippen LogP contribution >= 0.6 is 11.6 Å². The molecule has 1 atom stereocenters. The van der Waals surface area contributed by atoms with E-state index in [2.05, 4.69) is 0 Å². The fourth-order valence-electron chi connectivity index (χ4n) is 1.06. The average Bonchev–Trinajstić information content (AvgIpc) is 2.25. The van der Waals surface area contributed by atoms with Crippen molar-refractivity contribution in [1.29, 1.82) is 5.26 Å². The first-order chi connectivity index (χ1) is 6.77. The van der Waals surface area contributed by atoms with Crippen LogP contribution in [0, 0.1) is 11.3 Å². The third-order valence-electron chi connectivity index (χ3n) is 1.74. The Morgan fingerprint density at radius 2 is 2.36 bits per heavy atom. The first-order valence-corrected chi connectivity index (χ1v) is 4.98. The maximum absolute atomic E-state index is 8.63. The first-order valence-electron chi connectivity index (χ1n) is 4.54. The molecule has 0 heterocycles. The summed E-state index contributed by atoms with van der Waals surface area (Å²) in [5.74, 6) is 0.769. The molecular formula is C11H12ClNO. The number of nitriles is 1. The van der Waals surface area contributed by atoms with E-state index >= 15 is 0 Å². The van der Waals surface area contributed by atoms with Crippen LogP contribution < -0.4 is 4.74 Å². The number of alkyl halides is 1. The summed E-state index contributed by atoms with van der Waals surface area (Å²) in [6.07, 6.45) is 0.965. The predicted octanol–water partition coefficient (Wildman–Crippen LogP) is 3.28. The van der Waals surface area contributed by atoms with Gasteiger partial charge in [-0.25, -0.2) is 0 Å². The van der Waals surface area contributed by atoms with Crippen molar-refractivity contribution in [2.45, 2.75) is 18.7 Å². The van der Waals surface area contributed by atoms with Crippen molar-refractivity contribution < 1.29 is 4.74 Å². The second-order valence-electron chi connectivity index (χ2n) is 2.91. The fraction of sp³-hybridized carbons (Fsp3) is 0.364. The van der Waals surface area contributed by atoms with Crippen molar-refractivity contribution in [2.24, 2.45) is 0 Å². The average molecular weight is 210 g/mol. The van der Waals surface area contributed by atoms with Gasteiger partial charge in [-0.3, -0.25) is 0 Å². The molecule has 0 spiro atoms. The molecule has 0 fully saturated rings. The molecule has 0 amide bonds. The second-order valence-corrected chi connectivity index (χ2v) is 3.35. The van der Waals surface area contributed by atoms with Crippen LogP contribution in [0.1, 0.15) is 24.3 Å². The Morgan fingerprint density at radius 1 is 1.57 bits per heavy atom. The second kappa shape index (κ2) is 5.51. The van der Waals surface area contributed by atoms with Crippen LogP contribution in [-0.2, 0) is 0 Å². The molecule has 0 N–H and O–H groups in total. The van der Waals surface area contributed by atoms with E-state index in [4.69, 9.17) is 21.6 Å². The van der Waals surface area contributed by atoms with Crippen LogP contribution in [0.3, 0.4) is 0 Å². The van der Waals surface area contributed by atoms with Crippen LogP contribution in [-0.4, -0.2) is 6.61 Å². The molecule has 14 heavy (non-hydrogen) atoms. The van der Waals surface area contributed by atoms with Gasteiger partial charge in [0.2, 0.25) is 0 Å². The van der Waals surface area contributed by atoms with Crippen molar-refractivity contribution in [1.82, 2.24) is 0 Å². The summed E-state index contributed by atoms with van der Waals surface area (Å²) in [6.45, 7) is 2.73. The zero-order valence-corrected chi connectivity index (χ0v) is 8.79. The molecule has 0 saturated carbocycles. The van der Waals surface area contributed by atoms with E-state index in [0.717, 1.165) is 17.7 Å². The van der Waals surface area contributed by atoms with Gasteiger partial charge in [-0.1, -0.05) is 19.1 Å². The highest BCUT2D eigenvalue weighted by atomic mass is 35.5. The van der Waals surface area contributed by atoms with E-state index in [-0.39, 0.29) is 0 Å². The molecule has 1 aromatic rings. The normalized spacial score (nSPS) is 11.8. The predicted molar refractivity (Wildman–Crippen MR) is 56.4 cm³/mol. The summed E-state index contributed by atoms with van der Waals surface area (Å²) in [5, 5.41) is 8.04. The van der Waals surface area contributed by atoms with E-state index in [1.807, 2.05) is 31.2 Å². The molecule has 0 aliphatic carbocycles. The molecule has 0 aliphatic rings. The first kappa shape index (κ1) is 10.9. The van der Waals surface area contributed by atoms with Gasteiger partial charge in [0, 0.05) is 0 Å². The van der Waals surface area contributed by atoms with Crippen molar-refractivity contribution in [3.8, 4) is 11.8 Å². The zero-order chi connectivity index (χ0) is 10.4. The highest BCUT2D eigenvalue weighted by molar-refractivity contribution is 6.22. The molecule has 1 unspecified atom stereocenters. The summed E-state index contributed by atoms with van der Waals surface area (Å²) in [6, 6.07) is 9.30. The number of hydrogen-bond donors (Lipinski definition) is 0. The molecule has 0 aromatic heterocycles. The maximum atomic E-state index is 8.63. The number of rotatable bonds is 4. The monoisotopic (exact) mass is 209 g/mol. The zero-order valence-electron chi connectivity index (χ0n) is 8.03. The molecule has 0 saturated heterocycles. The Balaban J connectivity index is 2.74. The smallest absolute Gasteiger partial charge is 0.145 e. The van der Waals surface area contributed by atoms with Crippen molar-refractivity contribution in [3.05, 3.63) is 29.8 Å².